The lowest BCUT2D eigenvalue weighted by molar-refractivity contribution is 0.242. The van der Waals surface area contributed by atoms with Gasteiger partial charge in [-0.25, -0.2) is 0 Å². The first-order chi connectivity index (χ1) is 17.5. The summed E-state index contributed by atoms with van der Waals surface area (Å²) in [6.45, 7) is 5.53. The van der Waals surface area contributed by atoms with E-state index in [-0.39, 0.29) is 0 Å². The summed E-state index contributed by atoms with van der Waals surface area (Å²) in [6, 6.07) is 44.2. The lowest BCUT2D eigenvalue weighted by Crippen LogP contribution is -2.56. The largest absolute Gasteiger partial charge is 0.697 e. The molecule has 0 bridgehead atoms. The van der Waals surface area contributed by atoms with Gasteiger partial charge < -0.3 is 0 Å². The first-order valence-corrected chi connectivity index (χ1v) is 19.0. The molecule has 0 aromatic heterocycles. The molecule has 0 amide bonds. The van der Waals surface area contributed by atoms with Gasteiger partial charge in [-0.05, 0) is 12.1 Å². The van der Waals surface area contributed by atoms with Crippen LogP contribution in [0.3, 0.4) is 0 Å². The van der Waals surface area contributed by atoms with Crippen LogP contribution in [0, 0.1) is 0 Å². The highest BCUT2D eigenvalue weighted by Gasteiger charge is 2.35. The molecule has 184 valence electrons. The third kappa shape index (κ3) is 6.36. The molecule has 4 aromatic carbocycles. The topological polar surface area (TPSA) is 35.5 Å². The minimum absolute atomic E-state index is 0.410. The second-order valence-electron chi connectivity index (χ2n) is 9.52. The summed E-state index contributed by atoms with van der Waals surface area (Å²) in [5.74, 6) is 0. The van der Waals surface area contributed by atoms with Crippen molar-refractivity contribution in [3.8, 4) is 0 Å². The van der Waals surface area contributed by atoms with E-state index in [9.17, 15) is 4.57 Å². The minimum Gasteiger partial charge on any atom is -0.119 e. The molecule has 0 heterocycles. The Labute approximate surface area is 218 Å². The standard InChI is InChI=1S/C30H34O3PSi2/c1-35(27-15-7-3-8-16-27,28-17-9-4-10-18-28)25-23-32-34(31)33-24-26-36(2,29-19-11-5-12-20-29)30-21-13-6-14-22-30/h3-22H,23-26H2,1-2H3/q+1. The van der Waals surface area contributed by atoms with Crippen LogP contribution in [0.1, 0.15) is 0 Å². The lowest BCUT2D eigenvalue weighted by Gasteiger charge is -2.28. The zero-order valence-corrected chi connectivity index (χ0v) is 23.9. The molecule has 3 nitrogen and oxygen atoms in total. The van der Waals surface area contributed by atoms with E-state index in [0.717, 1.165) is 12.1 Å². The summed E-state index contributed by atoms with van der Waals surface area (Å²) in [5, 5.41) is 5.40. The van der Waals surface area contributed by atoms with Crippen molar-refractivity contribution in [3.05, 3.63) is 121 Å². The summed E-state index contributed by atoms with van der Waals surface area (Å²) >= 11 is 0. The molecule has 0 spiro atoms. The van der Waals surface area contributed by atoms with Crippen LogP contribution in [0.5, 0.6) is 0 Å². The SMILES string of the molecule is C[Si](CCO[P+](=O)OCC[Si](C)(c1ccccc1)c1ccccc1)(c1ccccc1)c1ccccc1. The normalized spacial score (nSPS) is 11.8. The third-order valence-electron chi connectivity index (χ3n) is 7.24. The van der Waals surface area contributed by atoms with Gasteiger partial charge in [0.15, 0.2) is 0 Å². The summed E-state index contributed by atoms with van der Waals surface area (Å²) in [7, 11) is -6.21. The van der Waals surface area contributed by atoms with Crippen LogP contribution in [-0.2, 0) is 13.6 Å². The fourth-order valence-electron chi connectivity index (χ4n) is 4.82. The quantitative estimate of drug-likeness (QED) is 0.181. The molecule has 0 atom stereocenters. The summed E-state index contributed by atoms with van der Waals surface area (Å²) in [4.78, 5) is 0. The van der Waals surface area contributed by atoms with E-state index in [2.05, 4.69) is 110 Å². The molecule has 36 heavy (non-hydrogen) atoms. The first kappa shape index (κ1) is 26.4. The third-order valence-corrected chi connectivity index (χ3v) is 16.9. The number of hydrogen-bond donors (Lipinski definition) is 0. The highest BCUT2D eigenvalue weighted by atomic mass is 31.1. The van der Waals surface area contributed by atoms with Crippen molar-refractivity contribution in [2.45, 2.75) is 25.2 Å². The number of hydrogen-bond acceptors (Lipinski definition) is 3. The molecule has 0 fully saturated rings. The van der Waals surface area contributed by atoms with Crippen LogP contribution in [-0.4, -0.2) is 29.4 Å². The average Bonchev–Trinajstić information content (AvgIpc) is 2.95. The van der Waals surface area contributed by atoms with Gasteiger partial charge >= 0.3 is 8.25 Å². The van der Waals surface area contributed by atoms with Crippen molar-refractivity contribution < 1.29 is 13.6 Å². The van der Waals surface area contributed by atoms with Crippen LogP contribution in [0.25, 0.3) is 0 Å². The fraction of sp³-hybridized carbons (Fsp3) is 0.200. The van der Waals surface area contributed by atoms with E-state index in [1.807, 2.05) is 24.3 Å². The maximum absolute atomic E-state index is 12.7. The molecule has 0 saturated heterocycles. The van der Waals surface area contributed by atoms with Gasteiger partial charge in [-0.2, -0.15) is 0 Å². The fourth-order valence-corrected chi connectivity index (χ4v) is 12.3. The van der Waals surface area contributed by atoms with Crippen LogP contribution in [0.2, 0.25) is 25.2 Å². The predicted molar refractivity (Wildman–Crippen MR) is 157 cm³/mol. The van der Waals surface area contributed by atoms with E-state index < -0.39 is 24.4 Å². The van der Waals surface area contributed by atoms with Gasteiger partial charge in [-0.3, -0.25) is 0 Å². The van der Waals surface area contributed by atoms with E-state index in [0.29, 0.717) is 13.2 Å². The monoisotopic (exact) mass is 529 g/mol. The molecule has 0 N–H and O–H groups in total. The molecular formula is C30H34O3PSi2+. The molecule has 0 radical (unpaired) electrons. The molecule has 0 unspecified atom stereocenters. The van der Waals surface area contributed by atoms with Gasteiger partial charge in [0.1, 0.15) is 29.4 Å². The molecule has 0 aliphatic carbocycles. The second-order valence-corrected chi connectivity index (χ2v) is 19.1. The van der Waals surface area contributed by atoms with Crippen molar-refractivity contribution in [1.29, 1.82) is 0 Å². The van der Waals surface area contributed by atoms with Gasteiger partial charge in [0.25, 0.3) is 0 Å². The molecular weight excluding hydrogens is 495 g/mol. The van der Waals surface area contributed by atoms with Crippen molar-refractivity contribution >= 4 is 45.1 Å². The van der Waals surface area contributed by atoms with Crippen molar-refractivity contribution in [2.75, 3.05) is 13.2 Å². The molecule has 4 aromatic rings. The highest BCUT2D eigenvalue weighted by molar-refractivity contribution is 7.33. The Hall–Kier alpha value is -2.67. The molecule has 4 rings (SSSR count). The van der Waals surface area contributed by atoms with Gasteiger partial charge in [-0.1, -0.05) is 155 Å². The highest BCUT2D eigenvalue weighted by Crippen LogP contribution is 2.27. The molecule has 6 heteroatoms. The lowest BCUT2D eigenvalue weighted by atomic mass is 10.4. The summed E-state index contributed by atoms with van der Waals surface area (Å²) < 4.78 is 24.2. The van der Waals surface area contributed by atoms with Crippen molar-refractivity contribution in [3.63, 3.8) is 0 Å². The average molecular weight is 530 g/mol. The van der Waals surface area contributed by atoms with Crippen molar-refractivity contribution in [2.24, 2.45) is 0 Å². The van der Waals surface area contributed by atoms with E-state index >= 15 is 0 Å². The summed E-state index contributed by atoms with van der Waals surface area (Å²) in [6.07, 6.45) is 0. The van der Waals surface area contributed by atoms with E-state index in [1.54, 1.807) is 0 Å². The molecule has 0 saturated carbocycles. The maximum Gasteiger partial charge on any atom is 0.697 e. The Kier molecular flexibility index (Phi) is 9.19. The van der Waals surface area contributed by atoms with E-state index in [4.69, 9.17) is 9.05 Å². The zero-order chi connectivity index (χ0) is 25.3. The van der Waals surface area contributed by atoms with Gasteiger partial charge in [0.2, 0.25) is 0 Å². The summed E-state index contributed by atoms with van der Waals surface area (Å²) in [5.41, 5.74) is 0. The number of rotatable bonds is 12. The predicted octanol–water partition coefficient (Wildman–Crippen LogP) is 5.46. The van der Waals surface area contributed by atoms with Gasteiger partial charge in [0.05, 0.1) is 0 Å². The van der Waals surface area contributed by atoms with Crippen LogP contribution >= 0.6 is 8.25 Å². The Morgan fingerprint density at radius 2 is 0.750 bits per heavy atom. The Morgan fingerprint density at radius 1 is 0.500 bits per heavy atom. The van der Waals surface area contributed by atoms with Crippen LogP contribution in [0.15, 0.2) is 121 Å². The Bertz CT molecular complexity index is 1050. The first-order valence-electron chi connectivity index (χ1n) is 12.5. The molecule has 0 aliphatic heterocycles. The number of benzene rings is 4. The zero-order valence-electron chi connectivity index (χ0n) is 21.0. The Balaban J connectivity index is 1.37. The second kappa shape index (κ2) is 12.5. The van der Waals surface area contributed by atoms with Crippen LogP contribution < -0.4 is 20.7 Å². The van der Waals surface area contributed by atoms with Gasteiger partial charge in [-0.15, -0.1) is 9.05 Å². The van der Waals surface area contributed by atoms with Crippen LogP contribution in [0.4, 0.5) is 0 Å². The maximum atomic E-state index is 12.7. The smallest absolute Gasteiger partial charge is 0.119 e. The minimum atomic E-state index is -2.17. The van der Waals surface area contributed by atoms with Gasteiger partial charge in [0, 0.05) is 4.57 Å². The van der Waals surface area contributed by atoms with Crippen molar-refractivity contribution in [1.82, 2.24) is 0 Å². The molecule has 0 aliphatic rings. The van der Waals surface area contributed by atoms with E-state index in [1.165, 1.54) is 20.7 Å². The Morgan fingerprint density at radius 3 is 1.00 bits per heavy atom.